The summed E-state index contributed by atoms with van der Waals surface area (Å²) in [5.74, 6) is 1.40. The van der Waals surface area contributed by atoms with Crippen LogP contribution in [0.15, 0.2) is 18.2 Å². The minimum atomic E-state index is 0.208. The maximum Gasteiger partial charge on any atom is 0.160 e. The van der Waals surface area contributed by atoms with E-state index in [9.17, 15) is 5.11 Å². The Hall–Kier alpha value is -1.26. The van der Waals surface area contributed by atoms with Crippen molar-refractivity contribution in [1.82, 2.24) is 10.2 Å². The van der Waals surface area contributed by atoms with Gasteiger partial charge in [0.2, 0.25) is 0 Å². The molecule has 1 fully saturated rings. The SMILES string of the molecule is COc1cc([C@@H](CC(C)C)N2CCNCC2)ccc1O. The van der Waals surface area contributed by atoms with Crippen LogP contribution in [0.5, 0.6) is 11.5 Å². The Labute approximate surface area is 121 Å². The van der Waals surface area contributed by atoms with E-state index in [-0.39, 0.29) is 5.75 Å². The van der Waals surface area contributed by atoms with Crippen LogP contribution in [0.25, 0.3) is 0 Å². The summed E-state index contributed by atoms with van der Waals surface area (Å²) in [6, 6.07) is 6.13. The molecule has 0 unspecified atom stereocenters. The molecular formula is C16H26N2O2. The van der Waals surface area contributed by atoms with Crippen molar-refractivity contribution in [2.75, 3.05) is 33.3 Å². The monoisotopic (exact) mass is 278 g/mol. The Balaban J connectivity index is 2.24. The summed E-state index contributed by atoms with van der Waals surface area (Å²) < 4.78 is 5.25. The number of ether oxygens (including phenoxy) is 1. The highest BCUT2D eigenvalue weighted by Crippen LogP contribution is 2.34. The molecule has 4 nitrogen and oxygen atoms in total. The summed E-state index contributed by atoms with van der Waals surface area (Å²) in [4.78, 5) is 2.53. The molecule has 0 aliphatic carbocycles. The van der Waals surface area contributed by atoms with Crippen LogP contribution in [0.2, 0.25) is 0 Å². The van der Waals surface area contributed by atoms with Crippen LogP contribution in [0.4, 0.5) is 0 Å². The Kier molecular flexibility index (Phi) is 5.26. The molecule has 0 radical (unpaired) electrons. The van der Waals surface area contributed by atoms with Crippen LogP contribution in [0, 0.1) is 5.92 Å². The van der Waals surface area contributed by atoms with Gasteiger partial charge in [0.1, 0.15) is 0 Å². The first-order valence-electron chi connectivity index (χ1n) is 7.43. The topological polar surface area (TPSA) is 44.7 Å². The van der Waals surface area contributed by atoms with Gasteiger partial charge in [-0.05, 0) is 30.0 Å². The smallest absolute Gasteiger partial charge is 0.160 e. The number of aromatic hydroxyl groups is 1. The highest BCUT2D eigenvalue weighted by molar-refractivity contribution is 5.42. The van der Waals surface area contributed by atoms with Crippen molar-refractivity contribution in [3.05, 3.63) is 23.8 Å². The first-order chi connectivity index (χ1) is 9.61. The molecule has 1 aromatic carbocycles. The van der Waals surface area contributed by atoms with E-state index in [0.29, 0.717) is 17.7 Å². The standard InChI is InChI=1S/C16H26N2O2/c1-12(2)10-14(18-8-6-17-7-9-18)13-4-5-15(19)16(11-13)20-3/h4-5,11-12,14,17,19H,6-10H2,1-3H3/t14-/m1/s1. The molecule has 1 aliphatic rings. The minimum absolute atomic E-state index is 0.208. The van der Waals surface area contributed by atoms with Gasteiger partial charge in [0.15, 0.2) is 11.5 Å². The van der Waals surface area contributed by atoms with E-state index in [0.717, 1.165) is 32.6 Å². The number of nitrogens with one attached hydrogen (secondary N) is 1. The third kappa shape index (κ3) is 3.64. The van der Waals surface area contributed by atoms with Gasteiger partial charge in [0, 0.05) is 32.2 Å². The van der Waals surface area contributed by atoms with Gasteiger partial charge < -0.3 is 15.2 Å². The van der Waals surface area contributed by atoms with Crippen LogP contribution < -0.4 is 10.1 Å². The van der Waals surface area contributed by atoms with Crippen LogP contribution in [0.3, 0.4) is 0 Å². The van der Waals surface area contributed by atoms with Gasteiger partial charge >= 0.3 is 0 Å². The number of rotatable bonds is 5. The van der Waals surface area contributed by atoms with Crippen molar-refractivity contribution in [3.8, 4) is 11.5 Å². The van der Waals surface area contributed by atoms with E-state index in [2.05, 4.69) is 24.1 Å². The highest BCUT2D eigenvalue weighted by atomic mass is 16.5. The van der Waals surface area contributed by atoms with E-state index in [4.69, 9.17) is 4.74 Å². The summed E-state index contributed by atoms with van der Waals surface area (Å²) in [7, 11) is 1.60. The third-order valence-corrected chi connectivity index (χ3v) is 3.88. The molecule has 4 heteroatoms. The fraction of sp³-hybridized carbons (Fsp3) is 0.625. The van der Waals surface area contributed by atoms with Gasteiger partial charge in [-0.25, -0.2) is 0 Å². The van der Waals surface area contributed by atoms with Gasteiger partial charge in [0.25, 0.3) is 0 Å². The summed E-state index contributed by atoms with van der Waals surface area (Å²) in [5.41, 5.74) is 1.23. The highest BCUT2D eigenvalue weighted by Gasteiger charge is 2.23. The summed E-state index contributed by atoms with van der Waals surface area (Å²) in [6.07, 6.45) is 1.12. The summed E-state index contributed by atoms with van der Waals surface area (Å²) in [6.45, 7) is 8.74. The van der Waals surface area contributed by atoms with Crippen molar-refractivity contribution in [3.63, 3.8) is 0 Å². The lowest BCUT2D eigenvalue weighted by Crippen LogP contribution is -2.45. The second-order valence-electron chi connectivity index (χ2n) is 5.86. The molecule has 20 heavy (non-hydrogen) atoms. The first-order valence-corrected chi connectivity index (χ1v) is 7.43. The molecule has 0 saturated carbocycles. The van der Waals surface area contributed by atoms with Crippen LogP contribution in [0.1, 0.15) is 31.9 Å². The van der Waals surface area contributed by atoms with Gasteiger partial charge in [-0.2, -0.15) is 0 Å². The quantitative estimate of drug-likeness (QED) is 0.868. The molecular weight excluding hydrogens is 252 g/mol. The van der Waals surface area contributed by atoms with Crippen LogP contribution in [-0.4, -0.2) is 43.3 Å². The zero-order valence-corrected chi connectivity index (χ0v) is 12.7. The van der Waals surface area contributed by atoms with E-state index < -0.39 is 0 Å². The largest absolute Gasteiger partial charge is 0.504 e. The van der Waals surface area contributed by atoms with Gasteiger partial charge in [-0.1, -0.05) is 19.9 Å². The summed E-state index contributed by atoms with van der Waals surface area (Å²) >= 11 is 0. The lowest BCUT2D eigenvalue weighted by molar-refractivity contribution is 0.154. The Morgan fingerprint density at radius 2 is 2.00 bits per heavy atom. The second-order valence-corrected chi connectivity index (χ2v) is 5.86. The lowest BCUT2D eigenvalue weighted by atomic mass is 9.94. The fourth-order valence-corrected chi connectivity index (χ4v) is 2.84. The third-order valence-electron chi connectivity index (χ3n) is 3.88. The van der Waals surface area contributed by atoms with Crippen LogP contribution in [-0.2, 0) is 0 Å². The fourth-order valence-electron chi connectivity index (χ4n) is 2.84. The van der Waals surface area contributed by atoms with E-state index >= 15 is 0 Å². The number of hydrogen-bond acceptors (Lipinski definition) is 4. The van der Waals surface area contributed by atoms with Crippen molar-refractivity contribution >= 4 is 0 Å². The summed E-state index contributed by atoms with van der Waals surface area (Å²) in [5, 5.41) is 13.2. The average molecular weight is 278 g/mol. The minimum Gasteiger partial charge on any atom is -0.504 e. The molecule has 2 N–H and O–H groups in total. The Bertz CT molecular complexity index is 428. The normalized spacial score (nSPS) is 18.2. The lowest BCUT2D eigenvalue weighted by Gasteiger charge is -2.36. The Morgan fingerprint density at radius 1 is 1.30 bits per heavy atom. The van der Waals surface area contributed by atoms with Gasteiger partial charge in [-0.15, -0.1) is 0 Å². The molecule has 112 valence electrons. The number of nitrogens with zero attached hydrogens (tertiary/aromatic N) is 1. The zero-order chi connectivity index (χ0) is 14.5. The number of piperazine rings is 1. The predicted molar refractivity (Wildman–Crippen MR) is 81.3 cm³/mol. The number of hydrogen-bond donors (Lipinski definition) is 2. The molecule has 0 aromatic heterocycles. The van der Waals surface area contributed by atoms with Crippen molar-refractivity contribution in [2.45, 2.75) is 26.3 Å². The molecule has 0 spiro atoms. The van der Waals surface area contributed by atoms with Gasteiger partial charge in [-0.3, -0.25) is 4.90 Å². The maximum atomic E-state index is 9.76. The van der Waals surface area contributed by atoms with Crippen molar-refractivity contribution < 1.29 is 9.84 Å². The molecule has 0 bridgehead atoms. The average Bonchev–Trinajstić information content (AvgIpc) is 2.46. The van der Waals surface area contributed by atoms with Crippen molar-refractivity contribution in [1.29, 1.82) is 0 Å². The molecule has 1 saturated heterocycles. The number of benzene rings is 1. The van der Waals surface area contributed by atoms with E-state index in [1.165, 1.54) is 5.56 Å². The Morgan fingerprint density at radius 3 is 2.60 bits per heavy atom. The van der Waals surface area contributed by atoms with Gasteiger partial charge in [0.05, 0.1) is 7.11 Å². The number of phenolic OH excluding ortho intramolecular Hbond substituents is 1. The maximum absolute atomic E-state index is 9.76. The molecule has 1 aliphatic heterocycles. The van der Waals surface area contributed by atoms with E-state index in [1.807, 2.05) is 12.1 Å². The zero-order valence-electron chi connectivity index (χ0n) is 12.7. The predicted octanol–water partition coefficient (Wildman–Crippen LogP) is 2.39. The molecule has 2 rings (SSSR count). The van der Waals surface area contributed by atoms with Crippen molar-refractivity contribution in [2.24, 2.45) is 5.92 Å². The molecule has 1 aromatic rings. The second kappa shape index (κ2) is 6.95. The molecule has 0 amide bonds. The number of methoxy groups -OCH3 is 1. The molecule has 1 heterocycles. The first kappa shape index (κ1) is 15.1. The van der Waals surface area contributed by atoms with Crippen LogP contribution >= 0.6 is 0 Å². The molecule has 1 atom stereocenters. The van der Waals surface area contributed by atoms with E-state index in [1.54, 1.807) is 13.2 Å². The number of phenols is 1.